The van der Waals surface area contributed by atoms with Crippen LogP contribution in [0.5, 0.6) is 5.75 Å². The first-order chi connectivity index (χ1) is 12.7. The Bertz CT molecular complexity index is 883. The van der Waals surface area contributed by atoms with E-state index in [1.165, 1.54) is 0 Å². The van der Waals surface area contributed by atoms with Crippen molar-refractivity contribution in [3.05, 3.63) is 59.2 Å². The van der Waals surface area contributed by atoms with Crippen LogP contribution >= 0.6 is 11.6 Å². The number of rotatable bonds is 8. The predicted octanol–water partition coefficient (Wildman–Crippen LogP) is 4.78. The van der Waals surface area contributed by atoms with Gasteiger partial charge >= 0.3 is 0 Å². The smallest absolute Gasteiger partial charge is 0.120 e. The fourth-order valence-corrected chi connectivity index (χ4v) is 3.10. The molecule has 3 rings (SSSR count). The lowest BCUT2D eigenvalue weighted by molar-refractivity contribution is 0.144. The molecular weight excluding hydrogens is 348 g/mol. The Morgan fingerprint density at radius 2 is 2.04 bits per heavy atom. The average molecular weight is 371 g/mol. The fraction of sp³-hybridized carbons (Fsp3) is 0.286. The van der Waals surface area contributed by atoms with Gasteiger partial charge in [-0.25, -0.2) is 0 Å². The second kappa shape index (κ2) is 8.99. The highest BCUT2D eigenvalue weighted by atomic mass is 35.5. The van der Waals surface area contributed by atoms with Crippen LogP contribution in [0.3, 0.4) is 0 Å². The highest BCUT2D eigenvalue weighted by Crippen LogP contribution is 2.31. The van der Waals surface area contributed by atoms with Gasteiger partial charge in [-0.15, -0.1) is 0 Å². The zero-order chi connectivity index (χ0) is 18.4. The van der Waals surface area contributed by atoms with Gasteiger partial charge in [-0.3, -0.25) is 4.98 Å². The second-order valence-corrected chi connectivity index (χ2v) is 6.53. The standard InChI is InChI=1S/C21H23ClN2O2/c1-2-26-11-3-9-23-14-16-12-15(4-7-21(16)25)18-8-10-24-20-13-17(22)5-6-19(18)20/h4-8,10,12-13,23,25H,2-3,9,11,14H2,1H3. The first-order valence-electron chi connectivity index (χ1n) is 8.84. The average Bonchev–Trinajstić information content (AvgIpc) is 2.65. The largest absolute Gasteiger partial charge is 0.508 e. The summed E-state index contributed by atoms with van der Waals surface area (Å²) >= 11 is 6.08. The zero-order valence-corrected chi connectivity index (χ0v) is 15.6. The van der Waals surface area contributed by atoms with E-state index in [1.54, 1.807) is 12.3 Å². The molecule has 0 radical (unpaired) electrons. The van der Waals surface area contributed by atoms with Crippen molar-refractivity contribution in [1.29, 1.82) is 0 Å². The minimum Gasteiger partial charge on any atom is -0.508 e. The Balaban J connectivity index is 1.79. The molecule has 0 saturated heterocycles. The molecule has 136 valence electrons. The predicted molar refractivity (Wildman–Crippen MR) is 107 cm³/mol. The van der Waals surface area contributed by atoms with Gasteiger partial charge in [-0.1, -0.05) is 23.7 Å². The molecule has 1 heterocycles. The molecule has 0 atom stereocenters. The van der Waals surface area contributed by atoms with Gasteiger partial charge in [0.05, 0.1) is 5.52 Å². The van der Waals surface area contributed by atoms with Crippen LogP contribution in [-0.2, 0) is 11.3 Å². The highest BCUT2D eigenvalue weighted by Gasteiger charge is 2.08. The molecule has 0 aliphatic carbocycles. The van der Waals surface area contributed by atoms with Crippen LogP contribution < -0.4 is 5.32 Å². The van der Waals surface area contributed by atoms with E-state index in [1.807, 2.05) is 43.3 Å². The van der Waals surface area contributed by atoms with E-state index >= 15 is 0 Å². The summed E-state index contributed by atoms with van der Waals surface area (Å²) in [5, 5.41) is 15.2. The molecule has 4 nitrogen and oxygen atoms in total. The molecule has 3 aromatic rings. The molecule has 2 N–H and O–H groups in total. The Morgan fingerprint density at radius 1 is 1.15 bits per heavy atom. The third-order valence-corrected chi connectivity index (χ3v) is 4.49. The van der Waals surface area contributed by atoms with Crippen LogP contribution in [0.2, 0.25) is 5.02 Å². The fourth-order valence-electron chi connectivity index (χ4n) is 2.93. The Morgan fingerprint density at radius 3 is 2.88 bits per heavy atom. The minimum atomic E-state index is 0.299. The van der Waals surface area contributed by atoms with Crippen LogP contribution in [0.1, 0.15) is 18.9 Å². The van der Waals surface area contributed by atoms with Gasteiger partial charge in [0.25, 0.3) is 0 Å². The van der Waals surface area contributed by atoms with E-state index in [0.717, 1.165) is 53.8 Å². The number of pyridine rings is 1. The van der Waals surface area contributed by atoms with Crippen molar-refractivity contribution in [2.24, 2.45) is 0 Å². The maximum absolute atomic E-state index is 10.2. The molecule has 0 fully saturated rings. The summed E-state index contributed by atoms with van der Waals surface area (Å²) < 4.78 is 5.33. The number of hydrogen-bond donors (Lipinski definition) is 2. The Labute approximate surface area is 158 Å². The van der Waals surface area contributed by atoms with Gasteiger partial charge in [-0.2, -0.15) is 0 Å². The number of halogens is 1. The normalized spacial score (nSPS) is 11.2. The van der Waals surface area contributed by atoms with Gasteiger partial charge < -0.3 is 15.2 Å². The van der Waals surface area contributed by atoms with Crippen molar-refractivity contribution in [3.8, 4) is 16.9 Å². The first kappa shape index (κ1) is 18.6. The van der Waals surface area contributed by atoms with E-state index in [0.29, 0.717) is 17.3 Å². The molecule has 0 saturated carbocycles. The van der Waals surface area contributed by atoms with Crippen LogP contribution in [0.4, 0.5) is 0 Å². The van der Waals surface area contributed by atoms with Gasteiger partial charge in [0, 0.05) is 41.9 Å². The number of hydrogen-bond acceptors (Lipinski definition) is 4. The van der Waals surface area contributed by atoms with E-state index < -0.39 is 0 Å². The highest BCUT2D eigenvalue weighted by molar-refractivity contribution is 6.31. The molecular formula is C21H23ClN2O2. The first-order valence-corrected chi connectivity index (χ1v) is 9.22. The molecule has 5 heteroatoms. The maximum Gasteiger partial charge on any atom is 0.120 e. The van der Waals surface area contributed by atoms with Crippen molar-refractivity contribution in [2.75, 3.05) is 19.8 Å². The maximum atomic E-state index is 10.2. The summed E-state index contributed by atoms with van der Waals surface area (Å²) in [7, 11) is 0. The number of aromatic hydroxyl groups is 1. The lowest BCUT2D eigenvalue weighted by Gasteiger charge is -2.11. The number of fused-ring (bicyclic) bond motifs is 1. The van der Waals surface area contributed by atoms with Crippen molar-refractivity contribution < 1.29 is 9.84 Å². The number of aromatic nitrogens is 1. The van der Waals surface area contributed by atoms with Crippen molar-refractivity contribution >= 4 is 22.5 Å². The summed E-state index contributed by atoms with van der Waals surface area (Å²) in [4.78, 5) is 4.40. The molecule has 26 heavy (non-hydrogen) atoms. The number of phenolic OH excluding ortho intramolecular Hbond substituents is 1. The van der Waals surface area contributed by atoms with Gasteiger partial charge in [0.1, 0.15) is 5.75 Å². The minimum absolute atomic E-state index is 0.299. The Kier molecular flexibility index (Phi) is 6.45. The lowest BCUT2D eigenvalue weighted by atomic mass is 9.99. The monoisotopic (exact) mass is 370 g/mol. The summed E-state index contributed by atoms with van der Waals surface area (Å²) in [6.07, 6.45) is 2.73. The van der Waals surface area contributed by atoms with Crippen LogP contribution in [0.25, 0.3) is 22.0 Å². The molecule has 0 aliphatic heterocycles. The summed E-state index contributed by atoms with van der Waals surface area (Å²) in [6.45, 7) is 4.95. The molecule has 0 amide bonds. The Hall–Kier alpha value is -2.14. The number of nitrogens with zero attached hydrogens (tertiary/aromatic N) is 1. The number of ether oxygens (including phenoxy) is 1. The lowest BCUT2D eigenvalue weighted by Crippen LogP contribution is -2.16. The SMILES string of the molecule is CCOCCCNCc1cc(-c2ccnc3cc(Cl)ccc23)ccc1O. The van der Waals surface area contributed by atoms with Gasteiger partial charge in [0.15, 0.2) is 0 Å². The van der Waals surface area contributed by atoms with Crippen molar-refractivity contribution in [2.45, 2.75) is 19.9 Å². The second-order valence-electron chi connectivity index (χ2n) is 6.09. The molecule has 2 aromatic carbocycles. The topological polar surface area (TPSA) is 54.4 Å². The van der Waals surface area contributed by atoms with Gasteiger partial charge in [0.2, 0.25) is 0 Å². The van der Waals surface area contributed by atoms with Crippen LogP contribution in [-0.4, -0.2) is 29.8 Å². The molecule has 0 spiro atoms. The van der Waals surface area contributed by atoms with E-state index in [-0.39, 0.29) is 0 Å². The van der Waals surface area contributed by atoms with Crippen molar-refractivity contribution in [1.82, 2.24) is 10.3 Å². The van der Waals surface area contributed by atoms with Crippen LogP contribution in [0.15, 0.2) is 48.7 Å². The zero-order valence-electron chi connectivity index (χ0n) is 14.8. The molecule has 0 unspecified atom stereocenters. The van der Waals surface area contributed by atoms with Gasteiger partial charge in [-0.05, 0) is 61.3 Å². The molecule has 1 aromatic heterocycles. The summed E-state index contributed by atoms with van der Waals surface area (Å²) in [6, 6.07) is 13.4. The van der Waals surface area contributed by atoms with E-state index in [9.17, 15) is 5.11 Å². The van der Waals surface area contributed by atoms with E-state index in [4.69, 9.17) is 16.3 Å². The third kappa shape index (κ3) is 4.52. The van der Waals surface area contributed by atoms with E-state index in [2.05, 4.69) is 10.3 Å². The van der Waals surface area contributed by atoms with Crippen LogP contribution in [0, 0.1) is 0 Å². The summed E-state index contributed by atoms with van der Waals surface area (Å²) in [5.74, 6) is 0.299. The quantitative estimate of drug-likeness (QED) is 0.560. The number of nitrogens with one attached hydrogen (secondary N) is 1. The number of benzene rings is 2. The summed E-state index contributed by atoms with van der Waals surface area (Å²) in [5.41, 5.74) is 3.85. The number of phenols is 1. The van der Waals surface area contributed by atoms with Crippen molar-refractivity contribution in [3.63, 3.8) is 0 Å². The third-order valence-electron chi connectivity index (χ3n) is 4.26. The molecule has 0 bridgehead atoms. The molecule has 0 aliphatic rings.